The Balaban J connectivity index is 3.51. The molecule has 0 spiro atoms. The lowest BCUT2D eigenvalue weighted by Crippen LogP contribution is -2.17. The Hall–Kier alpha value is -0.570. The molecule has 0 saturated carbocycles. The summed E-state index contributed by atoms with van der Waals surface area (Å²) >= 11 is 0. The minimum Gasteiger partial charge on any atom is -0.481 e. The molecule has 0 rings (SSSR count). The van der Waals surface area contributed by atoms with Gasteiger partial charge in [-0.15, -0.1) is 0 Å². The molecule has 2 atom stereocenters. The maximum absolute atomic E-state index is 10.1. The lowest BCUT2D eigenvalue weighted by molar-refractivity contribution is -0.137. The van der Waals surface area contributed by atoms with Crippen molar-refractivity contribution < 1.29 is 15.0 Å². The number of carbonyl (C=O) groups is 1. The molecule has 0 heterocycles. The maximum Gasteiger partial charge on any atom is 0.303 e. The number of hydrogen-bond donors (Lipinski definition) is 2. The van der Waals surface area contributed by atoms with Crippen LogP contribution in [0.3, 0.4) is 0 Å². The van der Waals surface area contributed by atoms with Crippen LogP contribution >= 0.6 is 0 Å². The van der Waals surface area contributed by atoms with Crippen LogP contribution in [0.15, 0.2) is 0 Å². The highest BCUT2D eigenvalue weighted by molar-refractivity contribution is 5.66. The van der Waals surface area contributed by atoms with E-state index in [1.807, 2.05) is 13.8 Å². The van der Waals surface area contributed by atoms with Gasteiger partial charge in [0.2, 0.25) is 0 Å². The van der Waals surface area contributed by atoms with Gasteiger partial charge in [-0.2, -0.15) is 0 Å². The van der Waals surface area contributed by atoms with E-state index < -0.39 is 5.97 Å². The summed E-state index contributed by atoms with van der Waals surface area (Å²) in [6.07, 6.45) is 1.05. The predicted molar refractivity (Wildman–Crippen MR) is 42.3 cm³/mol. The highest BCUT2D eigenvalue weighted by atomic mass is 16.4. The largest absolute Gasteiger partial charge is 0.481 e. The first-order chi connectivity index (χ1) is 5.07. The van der Waals surface area contributed by atoms with Gasteiger partial charge in [0.05, 0.1) is 6.10 Å². The zero-order valence-electron chi connectivity index (χ0n) is 7.08. The van der Waals surface area contributed by atoms with E-state index in [0.717, 1.165) is 0 Å². The molecule has 0 radical (unpaired) electrons. The molecule has 0 fully saturated rings. The summed E-state index contributed by atoms with van der Waals surface area (Å²) in [5.41, 5.74) is 0. The molecular formula is C8H16O3. The Bertz CT molecular complexity index is 123. The second-order valence-electron chi connectivity index (χ2n) is 2.89. The minimum absolute atomic E-state index is 0.0936. The molecule has 0 amide bonds. The third-order valence-electron chi connectivity index (χ3n) is 1.89. The molecule has 2 unspecified atom stereocenters. The van der Waals surface area contributed by atoms with Crippen molar-refractivity contribution in [1.29, 1.82) is 0 Å². The van der Waals surface area contributed by atoms with Crippen molar-refractivity contribution >= 4 is 5.97 Å². The van der Waals surface area contributed by atoms with E-state index in [2.05, 4.69) is 0 Å². The first-order valence-corrected chi connectivity index (χ1v) is 3.97. The fourth-order valence-corrected chi connectivity index (χ4v) is 0.946. The van der Waals surface area contributed by atoms with Crippen LogP contribution in [0, 0.1) is 5.92 Å². The third-order valence-corrected chi connectivity index (χ3v) is 1.89. The molecule has 3 nitrogen and oxygen atoms in total. The van der Waals surface area contributed by atoms with Gasteiger partial charge < -0.3 is 10.2 Å². The Morgan fingerprint density at radius 3 is 2.45 bits per heavy atom. The van der Waals surface area contributed by atoms with Crippen LogP contribution < -0.4 is 0 Å². The van der Waals surface area contributed by atoms with Crippen LogP contribution in [0.1, 0.15) is 33.1 Å². The quantitative estimate of drug-likeness (QED) is 0.636. The van der Waals surface area contributed by atoms with Gasteiger partial charge in [0, 0.05) is 6.42 Å². The van der Waals surface area contributed by atoms with Crippen molar-refractivity contribution in [3.63, 3.8) is 0 Å². The molecule has 0 bridgehead atoms. The van der Waals surface area contributed by atoms with Crippen molar-refractivity contribution in [3.05, 3.63) is 0 Å². The molecule has 0 aromatic carbocycles. The van der Waals surface area contributed by atoms with Crippen LogP contribution in [0.25, 0.3) is 0 Å². The molecule has 0 aromatic heterocycles. The van der Waals surface area contributed by atoms with Crippen molar-refractivity contribution in [2.45, 2.75) is 39.2 Å². The number of hydrogen-bond acceptors (Lipinski definition) is 2. The summed E-state index contributed by atoms with van der Waals surface area (Å²) in [6, 6.07) is 0. The molecule has 0 aliphatic heterocycles. The van der Waals surface area contributed by atoms with E-state index in [4.69, 9.17) is 5.11 Å². The number of aliphatic hydroxyl groups excluding tert-OH is 1. The van der Waals surface area contributed by atoms with E-state index in [0.29, 0.717) is 12.8 Å². The van der Waals surface area contributed by atoms with Gasteiger partial charge >= 0.3 is 5.97 Å². The smallest absolute Gasteiger partial charge is 0.303 e. The Morgan fingerprint density at radius 1 is 1.55 bits per heavy atom. The molecule has 0 aromatic rings. The monoisotopic (exact) mass is 160 g/mol. The van der Waals surface area contributed by atoms with Crippen molar-refractivity contribution in [2.24, 2.45) is 5.92 Å². The fraction of sp³-hybridized carbons (Fsp3) is 0.875. The molecule has 66 valence electrons. The number of carboxylic acid groups (broad SMARTS) is 1. The van der Waals surface area contributed by atoms with Gasteiger partial charge in [-0.3, -0.25) is 4.79 Å². The average Bonchev–Trinajstić information content (AvgIpc) is 1.98. The number of aliphatic hydroxyl groups is 1. The van der Waals surface area contributed by atoms with Crippen LogP contribution in [-0.2, 0) is 4.79 Å². The van der Waals surface area contributed by atoms with Crippen molar-refractivity contribution in [3.8, 4) is 0 Å². The Labute approximate surface area is 67.0 Å². The van der Waals surface area contributed by atoms with E-state index in [-0.39, 0.29) is 18.4 Å². The molecule has 11 heavy (non-hydrogen) atoms. The molecule has 0 saturated heterocycles. The topological polar surface area (TPSA) is 57.5 Å². The zero-order chi connectivity index (χ0) is 8.85. The highest BCUT2D eigenvalue weighted by Gasteiger charge is 2.12. The number of carboxylic acids is 1. The summed E-state index contributed by atoms with van der Waals surface area (Å²) < 4.78 is 0. The number of rotatable bonds is 5. The molecule has 3 heteroatoms. The SMILES string of the molecule is CCC(O)C(C)CCC(=O)O. The lowest BCUT2D eigenvalue weighted by atomic mass is 9.97. The van der Waals surface area contributed by atoms with Crippen LogP contribution in [0.5, 0.6) is 0 Å². The summed E-state index contributed by atoms with van der Waals surface area (Å²) in [6.45, 7) is 3.76. The molecule has 0 aliphatic carbocycles. The van der Waals surface area contributed by atoms with Gasteiger partial charge in [-0.1, -0.05) is 13.8 Å². The van der Waals surface area contributed by atoms with E-state index in [1.54, 1.807) is 0 Å². The summed E-state index contributed by atoms with van der Waals surface area (Å²) in [4.78, 5) is 10.1. The maximum atomic E-state index is 10.1. The van der Waals surface area contributed by atoms with Crippen LogP contribution in [0.2, 0.25) is 0 Å². The van der Waals surface area contributed by atoms with Crippen molar-refractivity contribution in [2.75, 3.05) is 0 Å². The van der Waals surface area contributed by atoms with Gasteiger partial charge in [-0.25, -0.2) is 0 Å². The third kappa shape index (κ3) is 4.79. The molecule has 0 aliphatic rings. The summed E-state index contributed by atoms with van der Waals surface area (Å²) in [7, 11) is 0. The fourth-order valence-electron chi connectivity index (χ4n) is 0.946. The van der Waals surface area contributed by atoms with E-state index in [9.17, 15) is 9.90 Å². The van der Waals surface area contributed by atoms with Gasteiger partial charge in [0.1, 0.15) is 0 Å². The second-order valence-corrected chi connectivity index (χ2v) is 2.89. The van der Waals surface area contributed by atoms with Gasteiger partial charge in [0.25, 0.3) is 0 Å². The first-order valence-electron chi connectivity index (χ1n) is 3.97. The molecular weight excluding hydrogens is 144 g/mol. The zero-order valence-corrected chi connectivity index (χ0v) is 7.08. The number of aliphatic carboxylic acids is 1. The van der Waals surface area contributed by atoms with Crippen molar-refractivity contribution in [1.82, 2.24) is 0 Å². The Morgan fingerprint density at radius 2 is 2.09 bits per heavy atom. The Kier molecular flexibility index (Phi) is 4.86. The standard InChI is InChI=1S/C8H16O3/c1-3-7(9)6(2)4-5-8(10)11/h6-7,9H,3-5H2,1-2H3,(H,10,11). The van der Waals surface area contributed by atoms with E-state index >= 15 is 0 Å². The van der Waals surface area contributed by atoms with Gasteiger partial charge in [-0.05, 0) is 18.8 Å². The minimum atomic E-state index is -0.792. The lowest BCUT2D eigenvalue weighted by Gasteiger charge is -2.15. The molecule has 2 N–H and O–H groups in total. The summed E-state index contributed by atoms with van der Waals surface area (Å²) in [5, 5.41) is 17.6. The normalized spacial score (nSPS) is 15.9. The van der Waals surface area contributed by atoms with Crippen LogP contribution in [0.4, 0.5) is 0 Å². The van der Waals surface area contributed by atoms with E-state index in [1.165, 1.54) is 0 Å². The summed E-state index contributed by atoms with van der Waals surface area (Å²) in [5.74, 6) is -0.698. The average molecular weight is 160 g/mol. The predicted octanol–water partition coefficient (Wildman–Crippen LogP) is 1.26. The highest BCUT2D eigenvalue weighted by Crippen LogP contribution is 2.12. The second kappa shape index (κ2) is 5.13. The van der Waals surface area contributed by atoms with Crippen LogP contribution in [-0.4, -0.2) is 22.3 Å². The first kappa shape index (κ1) is 10.4. The van der Waals surface area contributed by atoms with Gasteiger partial charge in [0.15, 0.2) is 0 Å².